The molecule has 3 aromatic rings. The second-order valence-corrected chi connectivity index (χ2v) is 7.41. The van der Waals surface area contributed by atoms with Crippen LogP contribution in [0.25, 0.3) is 10.8 Å². The van der Waals surface area contributed by atoms with Gasteiger partial charge < -0.3 is 0 Å². The fourth-order valence-corrected chi connectivity index (χ4v) is 3.33. The Balaban J connectivity index is 1.85. The van der Waals surface area contributed by atoms with Gasteiger partial charge in [-0.25, -0.2) is 0 Å². The van der Waals surface area contributed by atoms with Gasteiger partial charge in [-0.1, -0.05) is 62.2 Å². The Kier molecular flexibility index (Phi) is 4.68. The van der Waals surface area contributed by atoms with Crippen molar-refractivity contribution in [1.29, 1.82) is 0 Å². The lowest BCUT2D eigenvalue weighted by Gasteiger charge is -2.11. The number of rotatable bonds is 3. The third-order valence-corrected chi connectivity index (χ3v) is 4.94. The highest BCUT2D eigenvalue weighted by Gasteiger charge is 2.10. The Morgan fingerprint density at radius 1 is 0.762 bits per heavy atom. The molecule has 0 saturated heterocycles. The van der Waals surface area contributed by atoms with Crippen molar-refractivity contribution >= 4 is 54.2 Å². The highest BCUT2D eigenvalue weighted by Crippen LogP contribution is 2.29. The maximum absolute atomic E-state index is 6.59. The Bertz CT molecular complexity index is 766. The zero-order chi connectivity index (χ0) is 14.8. The summed E-state index contributed by atoms with van der Waals surface area (Å²) in [6.07, 6.45) is 0.830. The van der Waals surface area contributed by atoms with Gasteiger partial charge in [-0.2, -0.15) is 0 Å². The van der Waals surface area contributed by atoms with E-state index in [4.69, 9.17) is 11.6 Å². The second-order valence-electron chi connectivity index (χ2n) is 5.05. The highest BCUT2D eigenvalue weighted by atomic mass is 79.9. The van der Waals surface area contributed by atoms with Crippen molar-refractivity contribution in [2.75, 3.05) is 0 Å². The summed E-state index contributed by atoms with van der Waals surface area (Å²) in [5.41, 5.74) is 2.41. The van der Waals surface area contributed by atoms with E-state index in [1.54, 1.807) is 0 Å². The van der Waals surface area contributed by atoms with Gasteiger partial charge in [0.05, 0.1) is 5.38 Å². The Hall–Kier alpha value is -0.830. The van der Waals surface area contributed by atoms with Gasteiger partial charge in [-0.05, 0) is 58.7 Å². The minimum atomic E-state index is -0.0146. The molecule has 0 bridgehead atoms. The summed E-state index contributed by atoms with van der Waals surface area (Å²) in [7, 11) is 0. The molecule has 0 nitrogen and oxygen atoms in total. The van der Waals surface area contributed by atoms with Crippen LogP contribution in [0.15, 0.2) is 69.6 Å². The molecule has 1 unspecified atom stereocenters. The molecule has 0 aliphatic heterocycles. The number of fused-ring (bicyclic) bond motifs is 1. The number of alkyl halides is 1. The monoisotopic (exact) mass is 422 g/mol. The molecule has 1 atom stereocenters. The van der Waals surface area contributed by atoms with E-state index in [0.717, 1.165) is 20.9 Å². The molecule has 0 aromatic heterocycles. The molecule has 3 heteroatoms. The molecule has 0 heterocycles. The molecule has 3 rings (SSSR count). The smallest absolute Gasteiger partial charge is 0.0625 e. The molecule has 0 N–H and O–H groups in total. The zero-order valence-electron chi connectivity index (χ0n) is 11.2. The SMILES string of the molecule is ClC(Cc1ccc(Br)cc1)c1ccc2cc(Br)ccc2c1. The molecular formula is C18H13Br2Cl. The van der Waals surface area contributed by atoms with Crippen LogP contribution in [0.4, 0.5) is 0 Å². The van der Waals surface area contributed by atoms with Gasteiger partial charge in [0.2, 0.25) is 0 Å². The molecule has 21 heavy (non-hydrogen) atoms. The summed E-state index contributed by atoms with van der Waals surface area (Å²) < 4.78 is 2.19. The number of halogens is 3. The fraction of sp³-hybridized carbons (Fsp3) is 0.111. The van der Waals surface area contributed by atoms with Crippen molar-refractivity contribution < 1.29 is 0 Å². The van der Waals surface area contributed by atoms with Gasteiger partial charge in [-0.15, -0.1) is 11.6 Å². The first kappa shape index (κ1) is 15.1. The predicted molar refractivity (Wildman–Crippen MR) is 98.1 cm³/mol. The lowest BCUT2D eigenvalue weighted by molar-refractivity contribution is 0.921. The predicted octanol–water partition coefficient (Wildman–Crippen LogP) is 6.89. The maximum Gasteiger partial charge on any atom is 0.0625 e. The van der Waals surface area contributed by atoms with Crippen molar-refractivity contribution in [2.45, 2.75) is 11.8 Å². The van der Waals surface area contributed by atoms with E-state index in [2.05, 4.69) is 92.5 Å². The van der Waals surface area contributed by atoms with Gasteiger partial charge in [0.1, 0.15) is 0 Å². The first-order valence-electron chi connectivity index (χ1n) is 6.69. The number of benzene rings is 3. The summed E-state index contributed by atoms with van der Waals surface area (Å²) in [6, 6.07) is 21.0. The standard InChI is InChI=1S/C18H13Br2Cl/c19-16-6-1-12(2-7-16)9-18(21)15-4-3-14-11-17(20)8-5-13(14)10-15/h1-8,10-11,18H,9H2. The van der Waals surface area contributed by atoms with E-state index in [0.29, 0.717) is 0 Å². The quantitative estimate of drug-likeness (QED) is 0.402. The Labute approximate surface area is 146 Å². The lowest BCUT2D eigenvalue weighted by atomic mass is 10.0. The lowest BCUT2D eigenvalue weighted by Crippen LogP contribution is -1.96. The van der Waals surface area contributed by atoms with Crippen molar-refractivity contribution in [3.05, 3.63) is 80.7 Å². The number of hydrogen-bond acceptors (Lipinski definition) is 0. The first-order valence-corrected chi connectivity index (χ1v) is 8.72. The van der Waals surface area contributed by atoms with Gasteiger partial charge in [0, 0.05) is 8.95 Å². The Morgan fingerprint density at radius 3 is 2.14 bits per heavy atom. The highest BCUT2D eigenvalue weighted by molar-refractivity contribution is 9.10. The summed E-state index contributed by atoms with van der Waals surface area (Å²) >= 11 is 13.5. The molecule has 0 fully saturated rings. The Morgan fingerprint density at radius 2 is 1.38 bits per heavy atom. The molecule has 0 radical (unpaired) electrons. The molecular weight excluding hydrogens is 411 g/mol. The van der Waals surface area contributed by atoms with Crippen LogP contribution in [-0.2, 0) is 6.42 Å². The number of hydrogen-bond donors (Lipinski definition) is 0. The van der Waals surface area contributed by atoms with Crippen molar-refractivity contribution in [3.63, 3.8) is 0 Å². The summed E-state index contributed by atoms with van der Waals surface area (Å²) in [5, 5.41) is 2.43. The largest absolute Gasteiger partial charge is 0.117 e. The molecule has 0 amide bonds. The van der Waals surface area contributed by atoms with Gasteiger partial charge in [0.25, 0.3) is 0 Å². The van der Waals surface area contributed by atoms with Crippen LogP contribution in [0.5, 0.6) is 0 Å². The normalized spacial score (nSPS) is 12.5. The van der Waals surface area contributed by atoms with E-state index in [9.17, 15) is 0 Å². The first-order chi connectivity index (χ1) is 10.1. The molecule has 0 saturated carbocycles. The van der Waals surface area contributed by atoms with E-state index in [1.807, 2.05) is 0 Å². The van der Waals surface area contributed by atoms with E-state index in [1.165, 1.54) is 16.3 Å². The van der Waals surface area contributed by atoms with Crippen LogP contribution < -0.4 is 0 Å². The average Bonchev–Trinajstić information content (AvgIpc) is 2.49. The van der Waals surface area contributed by atoms with Crippen molar-refractivity contribution in [3.8, 4) is 0 Å². The van der Waals surface area contributed by atoms with Gasteiger partial charge in [-0.3, -0.25) is 0 Å². The minimum Gasteiger partial charge on any atom is -0.117 e. The van der Waals surface area contributed by atoms with Crippen LogP contribution in [0.3, 0.4) is 0 Å². The van der Waals surface area contributed by atoms with Crippen LogP contribution in [0.2, 0.25) is 0 Å². The second kappa shape index (κ2) is 6.51. The van der Waals surface area contributed by atoms with Crippen LogP contribution >= 0.6 is 43.5 Å². The van der Waals surface area contributed by atoms with Crippen LogP contribution in [0.1, 0.15) is 16.5 Å². The average molecular weight is 425 g/mol. The summed E-state index contributed by atoms with van der Waals surface area (Å²) in [5.74, 6) is 0. The van der Waals surface area contributed by atoms with Gasteiger partial charge >= 0.3 is 0 Å². The molecule has 0 aliphatic rings. The maximum atomic E-state index is 6.59. The van der Waals surface area contributed by atoms with Crippen molar-refractivity contribution in [1.82, 2.24) is 0 Å². The van der Waals surface area contributed by atoms with Crippen LogP contribution in [0, 0.1) is 0 Å². The molecule has 3 aromatic carbocycles. The van der Waals surface area contributed by atoms with Crippen LogP contribution in [-0.4, -0.2) is 0 Å². The van der Waals surface area contributed by atoms with E-state index >= 15 is 0 Å². The third kappa shape index (κ3) is 3.68. The molecule has 0 spiro atoms. The fourth-order valence-electron chi connectivity index (χ4n) is 2.38. The zero-order valence-corrected chi connectivity index (χ0v) is 15.1. The third-order valence-electron chi connectivity index (χ3n) is 3.52. The summed E-state index contributed by atoms with van der Waals surface area (Å²) in [4.78, 5) is 0. The van der Waals surface area contributed by atoms with Gasteiger partial charge in [0.15, 0.2) is 0 Å². The van der Waals surface area contributed by atoms with E-state index in [-0.39, 0.29) is 5.38 Å². The molecule has 106 valence electrons. The molecule has 0 aliphatic carbocycles. The topological polar surface area (TPSA) is 0 Å². The summed E-state index contributed by atoms with van der Waals surface area (Å²) in [6.45, 7) is 0. The van der Waals surface area contributed by atoms with E-state index < -0.39 is 0 Å². The van der Waals surface area contributed by atoms with Crippen molar-refractivity contribution in [2.24, 2.45) is 0 Å². The minimum absolute atomic E-state index is 0.0146.